The lowest BCUT2D eigenvalue weighted by Crippen LogP contribution is -2.41. The molecule has 1 heterocycles. The zero-order chi connectivity index (χ0) is 14.6. The molecule has 6 heteroatoms. The Kier molecular flexibility index (Phi) is 4.44. The number of carboxylic acid groups (broad SMARTS) is 1. The minimum atomic E-state index is -0.841. The molecule has 0 atom stereocenters. The molecule has 0 aromatic carbocycles. The minimum Gasteiger partial charge on any atom is -0.481 e. The maximum absolute atomic E-state index is 10.9. The van der Waals surface area contributed by atoms with Crippen molar-refractivity contribution in [3.8, 4) is 5.88 Å². The molecule has 0 saturated heterocycles. The fourth-order valence-corrected chi connectivity index (χ4v) is 2.45. The van der Waals surface area contributed by atoms with Crippen LogP contribution in [0.2, 0.25) is 0 Å². The van der Waals surface area contributed by atoms with Gasteiger partial charge < -0.3 is 20.3 Å². The molecule has 6 nitrogen and oxygen atoms in total. The van der Waals surface area contributed by atoms with Crippen molar-refractivity contribution in [3.05, 3.63) is 18.3 Å². The van der Waals surface area contributed by atoms with Crippen LogP contribution in [-0.2, 0) is 4.79 Å². The Labute approximate surface area is 117 Å². The second kappa shape index (κ2) is 6.09. The molecule has 0 amide bonds. The second-order valence-corrected chi connectivity index (χ2v) is 5.28. The average Bonchev–Trinajstić information content (AvgIpc) is 2.46. The third-order valence-electron chi connectivity index (χ3n) is 3.83. The van der Waals surface area contributed by atoms with E-state index < -0.39 is 11.6 Å². The van der Waals surface area contributed by atoms with E-state index in [0.717, 1.165) is 5.69 Å². The third-order valence-corrected chi connectivity index (χ3v) is 3.83. The normalized spacial score (nSPS) is 26.0. The van der Waals surface area contributed by atoms with Gasteiger partial charge in [0.25, 0.3) is 0 Å². The zero-order valence-electron chi connectivity index (χ0n) is 11.5. The quantitative estimate of drug-likeness (QED) is 0.757. The van der Waals surface area contributed by atoms with Crippen LogP contribution >= 0.6 is 0 Å². The Morgan fingerprint density at radius 1 is 1.50 bits per heavy atom. The van der Waals surface area contributed by atoms with E-state index in [1.165, 1.54) is 0 Å². The first-order valence-electron chi connectivity index (χ1n) is 6.71. The molecule has 0 spiro atoms. The second-order valence-electron chi connectivity index (χ2n) is 5.28. The number of anilines is 1. The van der Waals surface area contributed by atoms with E-state index in [9.17, 15) is 9.90 Å². The zero-order valence-corrected chi connectivity index (χ0v) is 11.5. The predicted octanol–water partition coefficient (Wildman–Crippen LogP) is 1.51. The highest BCUT2D eigenvalue weighted by molar-refractivity contribution is 5.70. The van der Waals surface area contributed by atoms with Crippen LogP contribution in [0.5, 0.6) is 5.88 Å². The highest BCUT2D eigenvalue weighted by Gasteiger charge is 2.35. The fraction of sp³-hybridized carbons (Fsp3) is 0.571. The van der Waals surface area contributed by atoms with Crippen molar-refractivity contribution in [1.82, 2.24) is 4.98 Å². The lowest BCUT2D eigenvalue weighted by atomic mass is 9.79. The summed E-state index contributed by atoms with van der Waals surface area (Å²) in [4.78, 5) is 15.0. The first-order chi connectivity index (χ1) is 9.52. The smallest absolute Gasteiger partial charge is 0.306 e. The molecule has 3 N–H and O–H groups in total. The fourth-order valence-electron chi connectivity index (χ4n) is 2.45. The van der Waals surface area contributed by atoms with Gasteiger partial charge in [0.15, 0.2) is 0 Å². The van der Waals surface area contributed by atoms with Crippen LogP contribution in [0.1, 0.15) is 25.7 Å². The number of methoxy groups -OCH3 is 1. The number of nitrogens with zero attached hydrogens (tertiary/aromatic N) is 1. The summed E-state index contributed by atoms with van der Waals surface area (Å²) < 4.78 is 4.97. The summed E-state index contributed by atoms with van der Waals surface area (Å²) in [5, 5.41) is 22.5. The van der Waals surface area contributed by atoms with Gasteiger partial charge in [0.05, 0.1) is 30.5 Å². The van der Waals surface area contributed by atoms with Gasteiger partial charge in [-0.25, -0.2) is 4.98 Å². The number of aliphatic hydroxyl groups is 1. The van der Waals surface area contributed by atoms with E-state index in [1.54, 1.807) is 19.4 Å². The van der Waals surface area contributed by atoms with Gasteiger partial charge in [0, 0.05) is 12.6 Å². The molecule has 1 aliphatic carbocycles. The summed E-state index contributed by atoms with van der Waals surface area (Å²) >= 11 is 0. The highest BCUT2D eigenvalue weighted by atomic mass is 16.5. The number of nitrogens with one attached hydrogen (secondary N) is 1. The molecule has 110 valence electrons. The number of rotatable bonds is 5. The largest absolute Gasteiger partial charge is 0.481 e. The topological polar surface area (TPSA) is 91.7 Å². The Morgan fingerprint density at radius 3 is 2.70 bits per heavy atom. The van der Waals surface area contributed by atoms with Gasteiger partial charge in [0.1, 0.15) is 0 Å². The third kappa shape index (κ3) is 3.60. The van der Waals surface area contributed by atoms with Crippen LogP contribution in [0.4, 0.5) is 5.69 Å². The Balaban J connectivity index is 1.85. The molecule has 1 aromatic rings. The van der Waals surface area contributed by atoms with Crippen molar-refractivity contribution in [2.45, 2.75) is 31.3 Å². The number of carboxylic acids is 1. The van der Waals surface area contributed by atoms with Crippen molar-refractivity contribution < 1.29 is 19.7 Å². The molecule has 20 heavy (non-hydrogen) atoms. The molecule has 2 rings (SSSR count). The number of ether oxygens (including phenoxy) is 1. The van der Waals surface area contributed by atoms with Crippen LogP contribution in [0.15, 0.2) is 18.3 Å². The van der Waals surface area contributed by atoms with Gasteiger partial charge in [0.2, 0.25) is 5.88 Å². The van der Waals surface area contributed by atoms with E-state index in [-0.39, 0.29) is 5.92 Å². The van der Waals surface area contributed by atoms with Gasteiger partial charge in [-0.1, -0.05) is 0 Å². The van der Waals surface area contributed by atoms with E-state index in [1.807, 2.05) is 6.07 Å². The van der Waals surface area contributed by atoms with E-state index in [0.29, 0.717) is 38.1 Å². The minimum absolute atomic E-state index is 0.321. The SMILES string of the molecule is COc1ccc(NCC2(O)CCC(C(=O)O)CC2)cn1. The molecule has 1 saturated carbocycles. The summed E-state index contributed by atoms with van der Waals surface area (Å²) in [7, 11) is 1.55. The van der Waals surface area contributed by atoms with Crippen LogP contribution in [-0.4, -0.2) is 40.4 Å². The first kappa shape index (κ1) is 14.6. The molecule has 0 bridgehead atoms. The molecular weight excluding hydrogens is 260 g/mol. The lowest BCUT2D eigenvalue weighted by molar-refractivity contribution is -0.144. The molecule has 1 fully saturated rings. The van der Waals surface area contributed by atoms with E-state index in [2.05, 4.69) is 10.3 Å². The van der Waals surface area contributed by atoms with Gasteiger partial charge in [-0.15, -0.1) is 0 Å². The number of hydrogen-bond acceptors (Lipinski definition) is 5. The molecule has 0 aliphatic heterocycles. The van der Waals surface area contributed by atoms with Gasteiger partial charge in [-0.2, -0.15) is 0 Å². The number of carbonyl (C=O) groups is 1. The summed E-state index contributed by atoms with van der Waals surface area (Å²) in [6.07, 6.45) is 3.69. The first-order valence-corrected chi connectivity index (χ1v) is 6.71. The Bertz CT molecular complexity index is 453. The molecule has 0 unspecified atom stereocenters. The van der Waals surface area contributed by atoms with Crippen LogP contribution in [0, 0.1) is 5.92 Å². The average molecular weight is 280 g/mol. The number of aliphatic carboxylic acids is 1. The summed E-state index contributed by atoms with van der Waals surface area (Å²) in [5.41, 5.74) is -0.0362. The van der Waals surface area contributed by atoms with Crippen molar-refractivity contribution in [1.29, 1.82) is 0 Å². The molecule has 1 aliphatic rings. The van der Waals surface area contributed by atoms with Crippen LogP contribution < -0.4 is 10.1 Å². The van der Waals surface area contributed by atoms with Crippen molar-refractivity contribution >= 4 is 11.7 Å². The van der Waals surface area contributed by atoms with Gasteiger partial charge in [-0.3, -0.25) is 4.79 Å². The number of hydrogen-bond donors (Lipinski definition) is 3. The summed E-state index contributed by atoms with van der Waals surface area (Å²) in [6.45, 7) is 0.396. The molecular formula is C14H20N2O4. The Hall–Kier alpha value is -1.82. The van der Waals surface area contributed by atoms with E-state index in [4.69, 9.17) is 9.84 Å². The van der Waals surface area contributed by atoms with Crippen LogP contribution in [0.25, 0.3) is 0 Å². The van der Waals surface area contributed by atoms with Crippen molar-refractivity contribution in [3.63, 3.8) is 0 Å². The van der Waals surface area contributed by atoms with Gasteiger partial charge >= 0.3 is 5.97 Å². The standard InChI is InChI=1S/C14H20N2O4/c1-20-12-3-2-11(8-15-12)16-9-14(19)6-4-10(5-7-14)13(17)18/h2-3,8,10,16,19H,4-7,9H2,1H3,(H,17,18). The summed E-state index contributed by atoms with van der Waals surface area (Å²) in [5.74, 6) is -0.548. The molecule has 0 radical (unpaired) electrons. The van der Waals surface area contributed by atoms with Crippen molar-refractivity contribution in [2.24, 2.45) is 5.92 Å². The molecule has 1 aromatic heterocycles. The Morgan fingerprint density at radius 2 is 2.20 bits per heavy atom. The summed E-state index contributed by atoms with van der Waals surface area (Å²) in [6, 6.07) is 3.58. The maximum atomic E-state index is 10.9. The number of pyridine rings is 1. The van der Waals surface area contributed by atoms with Crippen LogP contribution in [0.3, 0.4) is 0 Å². The van der Waals surface area contributed by atoms with E-state index >= 15 is 0 Å². The van der Waals surface area contributed by atoms with Gasteiger partial charge in [-0.05, 0) is 31.7 Å². The van der Waals surface area contributed by atoms with Crippen molar-refractivity contribution in [2.75, 3.05) is 19.0 Å². The predicted molar refractivity (Wildman–Crippen MR) is 73.8 cm³/mol. The number of aromatic nitrogens is 1. The maximum Gasteiger partial charge on any atom is 0.306 e. The highest BCUT2D eigenvalue weighted by Crippen LogP contribution is 2.32. The lowest BCUT2D eigenvalue weighted by Gasteiger charge is -2.35. The monoisotopic (exact) mass is 280 g/mol.